The first-order valence-corrected chi connectivity index (χ1v) is 6.68. The smallest absolute Gasteiger partial charge is 0.132 e. The Bertz CT molecular complexity index is 644. The Morgan fingerprint density at radius 3 is 2.65 bits per heavy atom. The molecule has 0 aliphatic heterocycles. The van der Waals surface area contributed by atoms with Gasteiger partial charge in [-0.25, -0.2) is 0 Å². The highest BCUT2D eigenvalue weighted by Crippen LogP contribution is 2.31. The summed E-state index contributed by atoms with van der Waals surface area (Å²) in [5, 5.41) is 8.97. The molecule has 2 rings (SSSR count). The number of hydrogen-bond acceptors (Lipinski definition) is 3. The third kappa shape index (κ3) is 2.98. The van der Waals surface area contributed by atoms with Crippen molar-refractivity contribution in [2.75, 3.05) is 0 Å². The fourth-order valence-corrected chi connectivity index (χ4v) is 2.00. The topological polar surface area (TPSA) is 59.0 Å². The molecule has 2 aromatic carbocycles. The van der Waals surface area contributed by atoms with Gasteiger partial charge in [-0.2, -0.15) is 5.26 Å². The van der Waals surface area contributed by atoms with Crippen LogP contribution in [0.3, 0.4) is 0 Å². The van der Waals surface area contributed by atoms with Crippen molar-refractivity contribution in [1.82, 2.24) is 0 Å². The normalized spacial score (nSPS) is 11.7. The lowest BCUT2D eigenvalue weighted by Crippen LogP contribution is -2.09. The Balaban J connectivity index is 2.38. The van der Waals surface area contributed by atoms with Crippen LogP contribution in [-0.2, 0) is 0 Å². The first kappa shape index (κ1) is 14.1. The van der Waals surface area contributed by atoms with E-state index in [4.69, 9.17) is 15.7 Å². The Labute approximate surface area is 119 Å². The first-order chi connectivity index (χ1) is 9.65. The fraction of sp³-hybridized carbons (Fsp3) is 0.235. The molecule has 102 valence electrons. The number of nitriles is 1. The van der Waals surface area contributed by atoms with E-state index in [1.807, 2.05) is 44.2 Å². The summed E-state index contributed by atoms with van der Waals surface area (Å²) >= 11 is 0. The highest BCUT2D eigenvalue weighted by atomic mass is 16.5. The predicted octanol–water partition coefficient (Wildman–Crippen LogP) is 4.07. The van der Waals surface area contributed by atoms with Crippen molar-refractivity contribution in [3.63, 3.8) is 0 Å². The van der Waals surface area contributed by atoms with E-state index in [0.717, 1.165) is 23.3 Å². The zero-order valence-electron chi connectivity index (χ0n) is 11.8. The van der Waals surface area contributed by atoms with Gasteiger partial charge in [0.05, 0.1) is 11.6 Å². The molecule has 2 N–H and O–H groups in total. The van der Waals surface area contributed by atoms with Gasteiger partial charge in [0.2, 0.25) is 0 Å². The van der Waals surface area contributed by atoms with Gasteiger partial charge in [0.1, 0.15) is 11.5 Å². The van der Waals surface area contributed by atoms with E-state index in [1.54, 1.807) is 12.1 Å². The lowest BCUT2D eigenvalue weighted by atomic mass is 10.0. The summed E-state index contributed by atoms with van der Waals surface area (Å²) in [5.41, 5.74) is 8.67. The van der Waals surface area contributed by atoms with Crippen LogP contribution in [0.25, 0.3) is 0 Å². The molecular formula is C17H18N2O. The maximum absolute atomic E-state index is 8.97. The van der Waals surface area contributed by atoms with Crippen LogP contribution in [0.5, 0.6) is 11.5 Å². The van der Waals surface area contributed by atoms with Gasteiger partial charge < -0.3 is 10.5 Å². The Morgan fingerprint density at radius 2 is 1.95 bits per heavy atom. The third-order valence-corrected chi connectivity index (χ3v) is 3.30. The second-order valence-electron chi connectivity index (χ2n) is 4.75. The van der Waals surface area contributed by atoms with E-state index in [9.17, 15) is 0 Å². The van der Waals surface area contributed by atoms with Crippen molar-refractivity contribution in [2.24, 2.45) is 5.73 Å². The summed E-state index contributed by atoms with van der Waals surface area (Å²) in [5.74, 6) is 1.44. The van der Waals surface area contributed by atoms with Crippen LogP contribution in [0.2, 0.25) is 0 Å². The zero-order valence-corrected chi connectivity index (χ0v) is 11.8. The summed E-state index contributed by atoms with van der Waals surface area (Å²) in [6.45, 7) is 4.00. The minimum Gasteiger partial charge on any atom is -0.457 e. The minimum atomic E-state index is -0.0503. The summed E-state index contributed by atoms with van der Waals surface area (Å²) in [7, 11) is 0. The van der Waals surface area contributed by atoms with E-state index < -0.39 is 0 Å². The Hall–Kier alpha value is -2.31. The molecule has 3 nitrogen and oxygen atoms in total. The van der Waals surface area contributed by atoms with Crippen molar-refractivity contribution < 1.29 is 4.74 Å². The van der Waals surface area contributed by atoms with Crippen LogP contribution in [0.1, 0.15) is 36.1 Å². The highest BCUT2D eigenvalue weighted by molar-refractivity contribution is 5.46. The molecule has 0 amide bonds. The van der Waals surface area contributed by atoms with Gasteiger partial charge in [0.25, 0.3) is 0 Å². The first-order valence-electron chi connectivity index (χ1n) is 6.68. The van der Waals surface area contributed by atoms with Crippen LogP contribution in [0.15, 0.2) is 42.5 Å². The fourth-order valence-electron chi connectivity index (χ4n) is 2.00. The quantitative estimate of drug-likeness (QED) is 0.907. The zero-order chi connectivity index (χ0) is 14.5. The number of para-hydroxylation sites is 1. The van der Waals surface area contributed by atoms with Gasteiger partial charge in [0.15, 0.2) is 0 Å². The van der Waals surface area contributed by atoms with E-state index in [2.05, 4.69) is 6.07 Å². The van der Waals surface area contributed by atoms with Crippen molar-refractivity contribution >= 4 is 0 Å². The highest BCUT2D eigenvalue weighted by Gasteiger charge is 2.11. The molecule has 0 aliphatic rings. The molecule has 0 aliphatic carbocycles. The molecular weight excluding hydrogens is 248 g/mol. The van der Waals surface area contributed by atoms with Crippen molar-refractivity contribution in [3.05, 3.63) is 59.2 Å². The Morgan fingerprint density at radius 1 is 1.20 bits per heavy atom. The standard InChI is InChI=1S/C17H18N2O/c1-3-15(19)14-6-4-5-7-16(14)20-17-10-13(11-18)9-8-12(17)2/h4-10,15H,3,19H2,1-2H3/t15-/m0/s1. The molecule has 20 heavy (non-hydrogen) atoms. The summed E-state index contributed by atoms with van der Waals surface area (Å²) in [4.78, 5) is 0. The number of benzene rings is 2. The molecule has 0 fully saturated rings. The van der Waals surface area contributed by atoms with Gasteiger partial charge in [0, 0.05) is 11.6 Å². The second-order valence-corrected chi connectivity index (χ2v) is 4.75. The molecule has 2 aromatic rings. The van der Waals surface area contributed by atoms with Crippen molar-refractivity contribution in [2.45, 2.75) is 26.3 Å². The maximum atomic E-state index is 8.97. The molecule has 1 atom stereocenters. The average Bonchev–Trinajstić information content (AvgIpc) is 2.49. The number of rotatable bonds is 4. The average molecular weight is 266 g/mol. The molecule has 0 heterocycles. The number of nitrogens with zero attached hydrogens (tertiary/aromatic N) is 1. The molecule has 0 bridgehead atoms. The lowest BCUT2D eigenvalue weighted by molar-refractivity contribution is 0.465. The van der Waals surface area contributed by atoms with Gasteiger partial charge in [-0.3, -0.25) is 0 Å². The molecule has 0 saturated heterocycles. The summed E-state index contributed by atoms with van der Waals surface area (Å²) < 4.78 is 5.97. The monoisotopic (exact) mass is 266 g/mol. The molecule has 0 radical (unpaired) electrons. The second kappa shape index (κ2) is 6.23. The van der Waals surface area contributed by atoms with E-state index >= 15 is 0 Å². The summed E-state index contributed by atoms with van der Waals surface area (Å²) in [6.07, 6.45) is 0.845. The van der Waals surface area contributed by atoms with Crippen LogP contribution in [0.4, 0.5) is 0 Å². The molecule has 3 heteroatoms. The minimum absolute atomic E-state index is 0.0503. The third-order valence-electron chi connectivity index (χ3n) is 3.30. The van der Waals surface area contributed by atoms with Crippen molar-refractivity contribution in [3.8, 4) is 17.6 Å². The van der Waals surface area contributed by atoms with Gasteiger partial charge in [-0.15, -0.1) is 0 Å². The van der Waals surface area contributed by atoms with Crippen molar-refractivity contribution in [1.29, 1.82) is 5.26 Å². The number of hydrogen-bond donors (Lipinski definition) is 1. The molecule has 0 unspecified atom stereocenters. The SMILES string of the molecule is CC[C@H](N)c1ccccc1Oc1cc(C#N)ccc1C. The number of nitrogens with two attached hydrogens (primary N) is 1. The maximum Gasteiger partial charge on any atom is 0.132 e. The molecule has 0 aromatic heterocycles. The van der Waals surface area contributed by atoms with E-state index in [0.29, 0.717) is 11.3 Å². The predicted molar refractivity (Wildman–Crippen MR) is 79.6 cm³/mol. The number of aryl methyl sites for hydroxylation is 1. The summed E-state index contributed by atoms with van der Waals surface area (Å²) in [6, 6.07) is 15.3. The van der Waals surface area contributed by atoms with Gasteiger partial charge in [-0.05, 0) is 37.1 Å². The van der Waals surface area contributed by atoms with Crippen LogP contribution >= 0.6 is 0 Å². The van der Waals surface area contributed by atoms with Crippen LogP contribution in [0, 0.1) is 18.3 Å². The Kier molecular flexibility index (Phi) is 4.39. The molecule has 0 saturated carbocycles. The number of ether oxygens (including phenoxy) is 1. The van der Waals surface area contributed by atoms with Crippen LogP contribution < -0.4 is 10.5 Å². The van der Waals surface area contributed by atoms with Gasteiger partial charge >= 0.3 is 0 Å². The lowest BCUT2D eigenvalue weighted by Gasteiger charge is -2.16. The van der Waals surface area contributed by atoms with E-state index in [-0.39, 0.29) is 6.04 Å². The largest absolute Gasteiger partial charge is 0.457 e. The van der Waals surface area contributed by atoms with Crippen LogP contribution in [-0.4, -0.2) is 0 Å². The van der Waals surface area contributed by atoms with E-state index in [1.165, 1.54) is 0 Å². The molecule has 0 spiro atoms. The van der Waals surface area contributed by atoms with Gasteiger partial charge in [-0.1, -0.05) is 31.2 Å².